The molecule has 0 aromatic heterocycles. The Morgan fingerprint density at radius 2 is 0.789 bits per heavy atom. The van der Waals surface area contributed by atoms with Crippen LogP contribution in [0.3, 0.4) is 0 Å². The summed E-state index contributed by atoms with van der Waals surface area (Å²) in [7, 11) is 0. The zero-order valence-electron chi connectivity index (χ0n) is 28.5. The second-order valence-electron chi connectivity index (χ2n) is 17.7. The molecule has 0 heterocycles. The predicted molar refractivity (Wildman–Crippen MR) is 169 cm³/mol. The molecule has 2 heteroatoms. The van der Waals surface area contributed by atoms with Crippen molar-refractivity contribution in [2.45, 2.75) is 191 Å². The van der Waals surface area contributed by atoms with E-state index in [9.17, 15) is 10.2 Å². The molecule has 0 aromatic rings. The summed E-state index contributed by atoms with van der Waals surface area (Å²) in [6.45, 7) is 29.9. The van der Waals surface area contributed by atoms with Gasteiger partial charge in [-0.2, -0.15) is 0 Å². The molecular formula is C36H72O2. The molecule has 0 aromatic carbocycles. The van der Waals surface area contributed by atoms with Gasteiger partial charge in [0.15, 0.2) is 0 Å². The third-order valence-electron chi connectivity index (χ3n) is 11.4. The van der Waals surface area contributed by atoms with Gasteiger partial charge in [0.05, 0.1) is 11.2 Å². The van der Waals surface area contributed by atoms with Crippen LogP contribution in [0.2, 0.25) is 0 Å². The average molecular weight is 537 g/mol. The number of hydrogen-bond acceptors (Lipinski definition) is 2. The van der Waals surface area contributed by atoms with Gasteiger partial charge in [-0.1, -0.05) is 89.5 Å². The smallest absolute Gasteiger partial charge is 0.0645 e. The molecule has 0 radical (unpaired) electrons. The lowest BCUT2D eigenvalue weighted by atomic mass is 9.64. The Morgan fingerprint density at radius 1 is 0.500 bits per heavy atom. The lowest BCUT2D eigenvalue weighted by Gasteiger charge is -2.42. The Morgan fingerprint density at radius 3 is 1.05 bits per heavy atom. The van der Waals surface area contributed by atoms with Crippen LogP contribution in [0.5, 0.6) is 0 Å². The van der Waals surface area contributed by atoms with Crippen molar-refractivity contribution in [1.29, 1.82) is 0 Å². The number of aliphatic hydroxyl groups is 2. The second-order valence-corrected chi connectivity index (χ2v) is 17.7. The van der Waals surface area contributed by atoms with Crippen LogP contribution in [-0.4, -0.2) is 21.4 Å². The van der Waals surface area contributed by atoms with Crippen molar-refractivity contribution in [3.63, 3.8) is 0 Å². The predicted octanol–water partition coefficient (Wildman–Crippen LogP) is 11.0. The number of rotatable bonds is 2. The van der Waals surface area contributed by atoms with E-state index in [0.29, 0.717) is 21.7 Å². The van der Waals surface area contributed by atoms with Crippen molar-refractivity contribution < 1.29 is 10.2 Å². The SMILES string of the molecule is CC1(O)CCC(C(C)(C)C)CC1.CCC1(C)CCC(C(C)(C)C)CC1.CCC1(O)CCC(C(C)(C)C)CC1. The standard InChI is InChI=1S/C13H26.C12H24O.C11H22O/c1-6-13(5)9-7-11(8-10-13)12(2,3)4;1-5-12(13)8-6-10(7-9-12)11(2,3)4;1-10(2,3)9-5-7-11(4,12)8-6-9/h11H,6-10H2,1-5H3;10,13H,5-9H2,1-4H3;9,12H,5-8H2,1-4H3. The van der Waals surface area contributed by atoms with E-state index in [0.717, 1.165) is 49.9 Å². The fraction of sp³-hybridized carbons (Fsp3) is 1.00. The van der Waals surface area contributed by atoms with Crippen LogP contribution in [-0.2, 0) is 0 Å². The molecule has 0 amide bonds. The Kier molecular flexibility index (Phi) is 13.0. The minimum absolute atomic E-state index is 0.332. The minimum Gasteiger partial charge on any atom is -0.390 e. The summed E-state index contributed by atoms with van der Waals surface area (Å²) in [6.07, 6.45) is 16.8. The first kappa shape index (κ1) is 35.9. The molecular weight excluding hydrogens is 464 g/mol. The Balaban J connectivity index is 0.000000285. The molecule has 3 aliphatic rings. The summed E-state index contributed by atoms with van der Waals surface area (Å²) in [5.74, 6) is 2.57. The van der Waals surface area contributed by atoms with Gasteiger partial charge in [0.25, 0.3) is 0 Å². The zero-order valence-corrected chi connectivity index (χ0v) is 28.5. The molecule has 3 rings (SSSR count). The van der Waals surface area contributed by atoms with Gasteiger partial charge in [0.2, 0.25) is 0 Å². The van der Waals surface area contributed by atoms with Crippen LogP contribution >= 0.6 is 0 Å². The van der Waals surface area contributed by atoms with Gasteiger partial charge in [0, 0.05) is 0 Å². The topological polar surface area (TPSA) is 40.5 Å². The lowest BCUT2D eigenvalue weighted by molar-refractivity contribution is -0.0276. The molecule has 2 N–H and O–H groups in total. The molecule has 3 aliphatic carbocycles. The molecule has 0 unspecified atom stereocenters. The van der Waals surface area contributed by atoms with Crippen molar-refractivity contribution in [3.05, 3.63) is 0 Å². The minimum atomic E-state index is -0.373. The van der Waals surface area contributed by atoms with Gasteiger partial charge in [-0.15, -0.1) is 0 Å². The maximum Gasteiger partial charge on any atom is 0.0645 e. The van der Waals surface area contributed by atoms with E-state index >= 15 is 0 Å². The summed E-state index contributed by atoms with van der Waals surface area (Å²) in [5, 5.41) is 19.8. The quantitative estimate of drug-likeness (QED) is 0.368. The van der Waals surface area contributed by atoms with E-state index in [-0.39, 0.29) is 11.2 Å². The van der Waals surface area contributed by atoms with Gasteiger partial charge >= 0.3 is 0 Å². The Hall–Kier alpha value is -0.0800. The van der Waals surface area contributed by atoms with Crippen LogP contribution in [0, 0.1) is 39.4 Å². The van der Waals surface area contributed by atoms with Crippen molar-refractivity contribution >= 4 is 0 Å². The average Bonchev–Trinajstić information content (AvgIpc) is 2.78. The molecule has 0 saturated heterocycles. The first-order valence-corrected chi connectivity index (χ1v) is 16.5. The summed E-state index contributed by atoms with van der Waals surface area (Å²) in [4.78, 5) is 0. The second kappa shape index (κ2) is 13.7. The third kappa shape index (κ3) is 12.2. The fourth-order valence-electron chi connectivity index (χ4n) is 7.01. The van der Waals surface area contributed by atoms with Crippen molar-refractivity contribution in [2.24, 2.45) is 39.4 Å². The van der Waals surface area contributed by atoms with Gasteiger partial charge in [-0.25, -0.2) is 0 Å². The van der Waals surface area contributed by atoms with Crippen LogP contribution in [0.15, 0.2) is 0 Å². The molecule has 38 heavy (non-hydrogen) atoms. The van der Waals surface area contributed by atoms with E-state index in [4.69, 9.17) is 0 Å². The molecule has 0 aliphatic heterocycles. The van der Waals surface area contributed by atoms with Gasteiger partial charge < -0.3 is 10.2 Å². The van der Waals surface area contributed by atoms with Crippen LogP contribution in [0.25, 0.3) is 0 Å². The fourth-order valence-corrected chi connectivity index (χ4v) is 7.01. The first-order valence-electron chi connectivity index (χ1n) is 16.5. The van der Waals surface area contributed by atoms with Crippen molar-refractivity contribution in [1.82, 2.24) is 0 Å². The normalized spacial score (nSPS) is 36.9. The third-order valence-corrected chi connectivity index (χ3v) is 11.4. The summed E-state index contributed by atoms with van der Waals surface area (Å²) < 4.78 is 0. The van der Waals surface area contributed by atoms with E-state index in [1.165, 1.54) is 57.8 Å². The molecule has 3 fully saturated rings. The summed E-state index contributed by atoms with van der Waals surface area (Å²) in [6, 6.07) is 0. The monoisotopic (exact) mass is 537 g/mol. The van der Waals surface area contributed by atoms with Crippen molar-refractivity contribution in [2.75, 3.05) is 0 Å². The van der Waals surface area contributed by atoms with Gasteiger partial charge in [0.1, 0.15) is 0 Å². The van der Waals surface area contributed by atoms with E-state index < -0.39 is 0 Å². The van der Waals surface area contributed by atoms with Gasteiger partial charge in [-0.05, 0) is 130 Å². The first-order chi connectivity index (χ1) is 17.1. The number of hydrogen-bond donors (Lipinski definition) is 2. The largest absolute Gasteiger partial charge is 0.390 e. The van der Waals surface area contributed by atoms with Crippen molar-refractivity contribution in [3.8, 4) is 0 Å². The molecule has 0 bridgehead atoms. The molecule has 2 nitrogen and oxygen atoms in total. The molecule has 228 valence electrons. The maximum absolute atomic E-state index is 10.1. The summed E-state index contributed by atoms with van der Waals surface area (Å²) in [5.41, 5.74) is 1.35. The highest BCUT2D eigenvalue weighted by Crippen LogP contribution is 2.46. The lowest BCUT2D eigenvalue weighted by Crippen LogP contribution is -2.36. The van der Waals surface area contributed by atoms with Gasteiger partial charge in [-0.3, -0.25) is 0 Å². The van der Waals surface area contributed by atoms with Crippen LogP contribution < -0.4 is 0 Å². The highest BCUT2D eigenvalue weighted by atomic mass is 16.3. The van der Waals surface area contributed by atoms with E-state index in [2.05, 4.69) is 83.1 Å². The molecule has 0 spiro atoms. The maximum atomic E-state index is 10.1. The Labute approximate surface area is 240 Å². The van der Waals surface area contributed by atoms with Crippen LogP contribution in [0.1, 0.15) is 180 Å². The molecule has 0 atom stereocenters. The van der Waals surface area contributed by atoms with Crippen LogP contribution in [0.4, 0.5) is 0 Å². The van der Waals surface area contributed by atoms with E-state index in [1.54, 1.807) is 0 Å². The Bertz CT molecular complexity index is 603. The molecule has 3 saturated carbocycles. The zero-order chi connectivity index (χ0) is 29.6. The van der Waals surface area contributed by atoms with E-state index in [1.807, 2.05) is 6.92 Å². The highest BCUT2D eigenvalue weighted by molar-refractivity contribution is 4.89. The summed E-state index contributed by atoms with van der Waals surface area (Å²) >= 11 is 0. The highest BCUT2D eigenvalue weighted by Gasteiger charge is 2.37.